The average Bonchev–Trinajstić information content (AvgIpc) is 3.71. The van der Waals surface area contributed by atoms with E-state index in [9.17, 15) is 26.3 Å². The lowest BCUT2D eigenvalue weighted by atomic mass is 9.81. The summed E-state index contributed by atoms with van der Waals surface area (Å²) in [7, 11) is 1.94. The summed E-state index contributed by atoms with van der Waals surface area (Å²) in [5.74, 6) is 0. The molecule has 2 aromatic carbocycles. The van der Waals surface area contributed by atoms with Crippen molar-refractivity contribution in [3.63, 3.8) is 0 Å². The number of nitrogens with zero attached hydrogens (tertiary/aromatic N) is 2. The van der Waals surface area contributed by atoms with Crippen LogP contribution in [0.5, 0.6) is 0 Å². The molecule has 0 saturated heterocycles. The quantitative estimate of drug-likeness (QED) is 0.327. The maximum atomic E-state index is 13.9. The van der Waals surface area contributed by atoms with Gasteiger partial charge in [0.2, 0.25) is 0 Å². The lowest BCUT2D eigenvalue weighted by Crippen LogP contribution is -2.34. The zero-order valence-electron chi connectivity index (χ0n) is 20.6. The lowest BCUT2D eigenvalue weighted by molar-refractivity contribution is -0.161. The Morgan fingerprint density at radius 2 is 1.25 bits per heavy atom. The molecule has 0 unspecified atom stereocenters. The van der Waals surface area contributed by atoms with Crippen LogP contribution in [0, 0.1) is 11.3 Å². The fraction of sp³-hybridized carbons (Fsp3) is 0.536. The Labute approximate surface area is 208 Å². The third-order valence-corrected chi connectivity index (χ3v) is 7.38. The Kier molecular flexibility index (Phi) is 8.44. The molecule has 8 heteroatoms. The summed E-state index contributed by atoms with van der Waals surface area (Å²) in [6, 6.07) is 15.9. The molecule has 196 valence electrons. The third kappa shape index (κ3) is 5.88. The smallest absolute Gasteiger partial charge is 0.306 e. The van der Waals surface area contributed by atoms with Gasteiger partial charge in [-0.05, 0) is 80.8 Å². The lowest BCUT2D eigenvalue weighted by Gasteiger charge is -2.29. The van der Waals surface area contributed by atoms with Gasteiger partial charge in [-0.3, -0.25) is 0 Å². The molecule has 0 atom stereocenters. The molecule has 2 fully saturated rings. The first-order chi connectivity index (χ1) is 16.9. The van der Waals surface area contributed by atoms with Gasteiger partial charge in [-0.1, -0.05) is 48.5 Å². The summed E-state index contributed by atoms with van der Waals surface area (Å²) in [6.07, 6.45) is -7.55. The van der Waals surface area contributed by atoms with E-state index in [0.29, 0.717) is 13.0 Å². The highest BCUT2D eigenvalue weighted by molar-refractivity contribution is 5.50. The highest BCUT2D eigenvalue weighted by atomic mass is 19.4. The standard InChI is InChI=1S/C26H29F6N.C2H3N/c1-33(18-12-19-7-3-2-4-8-19)17-6-9-20-21(23(13-14-23)25(27,28)29)10-5-11-22(20)24(15-16-24)26(30,31)32;1-2-3/h2-5,7-8,10-11H,6,9,12-18H2,1H3;1H3. The molecule has 0 amide bonds. The summed E-state index contributed by atoms with van der Waals surface area (Å²) in [5, 5.41) is 7.32. The minimum absolute atomic E-state index is 0.0526. The molecule has 2 aromatic rings. The van der Waals surface area contributed by atoms with Crippen LogP contribution < -0.4 is 0 Å². The van der Waals surface area contributed by atoms with E-state index in [-0.39, 0.29) is 48.8 Å². The van der Waals surface area contributed by atoms with Crippen molar-refractivity contribution in [2.24, 2.45) is 0 Å². The summed E-state index contributed by atoms with van der Waals surface area (Å²) < 4.78 is 83.5. The first kappa shape index (κ1) is 28.0. The van der Waals surface area contributed by atoms with E-state index in [1.807, 2.05) is 37.4 Å². The van der Waals surface area contributed by atoms with Crippen LogP contribution in [-0.2, 0) is 23.7 Å². The Morgan fingerprint density at radius 3 is 1.67 bits per heavy atom. The van der Waals surface area contributed by atoms with Crippen LogP contribution in [0.3, 0.4) is 0 Å². The summed E-state index contributed by atoms with van der Waals surface area (Å²) in [5.41, 5.74) is -2.37. The van der Waals surface area contributed by atoms with Gasteiger partial charge < -0.3 is 4.90 Å². The van der Waals surface area contributed by atoms with Gasteiger partial charge in [0.1, 0.15) is 0 Å². The molecule has 0 aliphatic heterocycles. The summed E-state index contributed by atoms with van der Waals surface area (Å²) in [4.78, 5) is 2.09. The number of benzene rings is 2. The number of halogens is 6. The van der Waals surface area contributed by atoms with Crippen molar-refractivity contribution in [2.75, 3.05) is 20.1 Å². The molecule has 36 heavy (non-hydrogen) atoms. The van der Waals surface area contributed by atoms with Gasteiger partial charge in [0.05, 0.1) is 16.9 Å². The van der Waals surface area contributed by atoms with Gasteiger partial charge in [0, 0.05) is 13.5 Å². The van der Waals surface area contributed by atoms with E-state index in [4.69, 9.17) is 5.26 Å². The summed E-state index contributed by atoms with van der Waals surface area (Å²) >= 11 is 0. The zero-order chi connectivity index (χ0) is 26.6. The Bertz CT molecular complexity index is 996. The molecule has 2 aliphatic rings. The zero-order valence-corrected chi connectivity index (χ0v) is 20.6. The molecule has 0 heterocycles. The van der Waals surface area contributed by atoms with Crippen LogP contribution in [0.2, 0.25) is 0 Å². The van der Waals surface area contributed by atoms with Gasteiger partial charge in [0.15, 0.2) is 0 Å². The fourth-order valence-electron chi connectivity index (χ4n) is 5.02. The SMILES string of the molecule is CC#N.CN(CCCc1c(C2(C(F)(F)F)CC2)cccc1C1(C(F)(F)F)CC1)CCc1ccccc1. The number of alkyl halides is 6. The maximum Gasteiger partial charge on any atom is 0.398 e. The van der Waals surface area contributed by atoms with Crippen molar-refractivity contribution in [3.05, 3.63) is 70.8 Å². The van der Waals surface area contributed by atoms with E-state index in [1.165, 1.54) is 30.7 Å². The molecular weight excluding hydrogens is 478 g/mol. The monoisotopic (exact) mass is 510 g/mol. The van der Waals surface area contributed by atoms with E-state index in [1.54, 1.807) is 6.07 Å². The summed E-state index contributed by atoms with van der Waals surface area (Å²) in [6.45, 7) is 2.82. The second-order valence-electron chi connectivity index (χ2n) is 9.86. The first-order valence-electron chi connectivity index (χ1n) is 12.2. The number of hydrogen-bond acceptors (Lipinski definition) is 2. The van der Waals surface area contributed by atoms with Gasteiger partial charge >= 0.3 is 12.4 Å². The molecule has 0 radical (unpaired) electrons. The van der Waals surface area contributed by atoms with Gasteiger partial charge in [0.25, 0.3) is 0 Å². The van der Waals surface area contributed by atoms with Crippen LogP contribution in [0.25, 0.3) is 0 Å². The van der Waals surface area contributed by atoms with Gasteiger partial charge in [-0.25, -0.2) is 0 Å². The van der Waals surface area contributed by atoms with Crippen molar-refractivity contribution in [1.29, 1.82) is 5.26 Å². The molecule has 2 nitrogen and oxygen atoms in total. The number of nitriles is 1. The van der Waals surface area contributed by atoms with Crippen LogP contribution in [0.15, 0.2) is 48.5 Å². The number of likely N-dealkylation sites (N-methyl/N-ethyl adjacent to an activating group) is 1. The maximum absolute atomic E-state index is 13.9. The van der Waals surface area contributed by atoms with E-state index in [2.05, 4.69) is 4.90 Å². The van der Waals surface area contributed by atoms with Crippen molar-refractivity contribution < 1.29 is 26.3 Å². The normalized spacial score (nSPS) is 17.7. The van der Waals surface area contributed by atoms with Crippen LogP contribution >= 0.6 is 0 Å². The van der Waals surface area contributed by atoms with Crippen molar-refractivity contribution >= 4 is 0 Å². The molecule has 2 saturated carbocycles. The molecular formula is C28H32F6N2. The van der Waals surface area contributed by atoms with Crippen molar-refractivity contribution in [1.82, 2.24) is 4.90 Å². The predicted molar refractivity (Wildman–Crippen MR) is 128 cm³/mol. The number of rotatable bonds is 9. The Balaban J connectivity index is 0.00000115. The molecule has 2 aliphatic carbocycles. The van der Waals surface area contributed by atoms with Crippen molar-refractivity contribution in [2.45, 2.75) is 75.1 Å². The van der Waals surface area contributed by atoms with E-state index < -0.39 is 23.2 Å². The van der Waals surface area contributed by atoms with Crippen LogP contribution in [-0.4, -0.2) is 37.4 Å². The average molecular weight is 511 g/mol. The molecule has 0 aromatic heterocycles. The third-order valence-electron chi connectivity index (χ3n) is 7.38. The van der Waals surface area contributed by atoms with Gasteiger partial charge in [-0.15, -0.1) is 0 Å². The number of hydrogen-bond donors (Lipinski definition) is 0. The fourth-order valence-corrected chi connectivity index (χ4v) is 5.02. The van der Waals surface area contributed by atoms with E-state index in [0.717, 1.165) is 13.0 Å². The highest BCUT2D eigenvalue weighted by Gasteiger charge is 2.67. The molecule has 4 rings (SSSR count). The predicted octanol–water partition coefficient (Wildman–Crippen LogP) is 7.51. The Hall–Kier alpha value is -2.53. The largest absolute Gasteiger partial charge is 0.398 e. The highest BCUT2D eigenvalue weighted by Crippen LogP contribution is 2.63. The second-order valence-corrected chi connectivity index (χ2v) is 9.86. The topological polar surface area (TPSA) is 27.0 Å². The van der Waals surface area contributed by atoms with Crippen LogP contribution in [0.1, 0.15) is 61.3 Å². The Morgan fingerprint density at radius 1 is 0.778 bits per heavy atom. The van der Waals surface area contributed by atoms with Crippen LogP contribution in [0.4, 0.5) is 26.3 Å². The molecule has 0 spiro atoms. The minimum Gasteiger partial charge on any atom is -0.306 e. The first-order valence-corrected chi connectivity index (χ1v) is 12.2. The van der Waals surface area contributed by atoms with Gasteiger partial charge in [-0.2, -0.15) is 31.6 Å². The van der Waals surface area contributed by atoms with E-state index >= 15 is 0 Å². The minimum atomic E-state index is -4.46. The second kappa shape index (κ2) is 10.8. The molecule has 0 N–H and O–H groups in total. The molecule has 0 bridgehead atoms. The van der Waals surface area contributed by atoms with Crippen molar-refractivity contribution in [3.8, 4) is 6.07 Å².